The number of nitrogens with zero attached hydrogens (tertiary/aromatic N) is 1. The average Bonchev–Trinajstić information content (AvgIpc) is 3.14. The van der Waals surface area contributed by atoms with Crippen LogP contribution in [0.15, 0.2) is 30.3 Å². The Labute approximate surface area is 131 Å². The number of hydrogen-bond donors (Lipinski definition) is 0. The van der Waals surface area contributed by atoms with Crippen LogP contribution in [0.3, 0.4) is 0 Å². The summed E-state index contributed by atoms with van der Waals surface area (Å²) in [6.45, 7) is 4.83. The smallest absolute Gasteiger partial charge is 0.231 e. The standard InChI is InChI=1S/C18H23NO3/c1-12-9-14-10-15-16(20)19(11-18(12,15)22-14)17(2,21-3)13-7-5-4-6-8-13/h4-8,12,14-15H,9-11H2,1-3H3/t12-,14-,15+,17?,18+/m0/s1. The van der Waals surface area contributed by atoms with E-state index in [1.807, 2.05) is 42.2 Å². The maximum Gasteiger partial charge on any atom is 0.231 e. The normalized spacial score (nSPS) is 39.1. The highest BCUT2D eigenvalue weighted by Crippen LogP contribution is 2.57. The van der Waals surface area contributed by atoms with E-state index in [4.69, 9.17) is 9.47 Å². The molecule has 1 unspecified atom stereocenters. The van der Waals surface area contributed by atoms with Crippen molar-refractivity contribution in [2.45, 2.75) is 44.1 Å². The number of rotatable bonds is 3. The van der Waals surface area contributed by atoms with E-state index in [1.54, 1.807) is 7.11 Å². The molecule has 0 aliphatic carbocycles. The first kappa shape index (κ1) is 14.2. The molecule has 4 rings (SSSR count). The van der Waals surface area contributed by atoms with E-state index in [0.29, 0.717) is 12.5 Å². The molecule has 3 heterocycles. The Kier molecular flexibility index (Phi) is 2.94. The summed E-state index contributed by atoms with van der Waals surface area (Å²) in [5.74, 6) is 0.615. The Hall–Kier alpha value is -1.39. The summed E-state index contributed by atoms with van der Waals surface area (Å²) in [5, 5.41) is 0. The zero-order chi connectivity index (χ0) is 15.5. The number of ether oxygens (including phenoxy) is 2. The first-order valence-electron chi connectivity index (χ1n) is 8.11. The monoisotopic (exact) mass is 301 g/mol. The molecule has 0 N–H and O–H groups in total. The van der Waals surface area contributed by atoms with Crippen LogP contribution in [0.2, 0.25) is 0 Å². The quantitative estimate of drug-likeness (QED) is 0.861. The number of hydrogen-bond acceptors (Lipinski definition) is 3. The van der Waals surface area contributed by atoms with E-state index in [0.717, 1.165) is 18.4 Å². The molecule has 1 amide bonds. The second-order valence-electron chi connectivity index (χ2n) is 7.10. The summed E-state index contributed by atoms with van der Waals surface area (Å²) in [7, 11) is 1.67. The van der Waals surface area contributed by atoms with Gasteiger partial charge in [0.25, 0.3) is 0 Å². The van der Waals surface area contributed by atoms with E-state index < -0.39 is 5.72 Å². The zero-order valence-electron chi connectivity index (χ0n) is 13.4. The maximum absolute atomic E-state index is 13.1. The van der Waals surface area contributed by atoms with Gasteiger partial charge in [-0.25, -0.2) is 0 Å². The highest BCUT2D eigenvalue weighted by atomic mass is 16.5. The summed E-state index contributed by atoms with van der Waals surface area (Å²) in [6, 6.07) is 9.98. The van der Waals surface area contributed by atoms with E-state index in [-0.39, 0.29) is 23.5 Å². The number of carbonyl (C=O) groups is 1. The van der Waals surface area contributed by atoms with Crippen LogP contribution in [-0.4, -0.2) is 36.2 Å². The topological polar surface area (TPSA) is 38.8 Å². The van der Waals surface area contributed by atoms with Gasteiger partial charge in [-0.1, -0.05) is 37.3 Å². The molecule has 0 aromatic heterocycles. The summed E-state index contributed by atoms with van der Waals surface area (Å²) in [5.41, 5.74) is -0.0287. The van der Waals surface area contributed by atoms with E-state index in [2.05, 4.69) is 6.92 Å². The lowest BCUT2D eigenvalue weighted by atomic mass is 9.74. The van der Waals surface area contributed by atoms with Gasteiger partial charge in [-0.15, -0.1) is 0 Å². The van der Waals surface area contributed by atoms with Crippen LogP contribution in [0.25, 0.3) is 0 Å². The SMILES string of the molecule is COC(C)(c1ccccc1)N1C[C@]23O[C@H](C[C@@H]2C1=O)C[C@@H]3C. The molecule has 2 bridgehead atoms. The molecule has 3 saturated heterocycles. The summed E-state index contributed by atoms with van der Waals surface area (Å²) < 4.78 is 12.1. The first-order chi connectivity index (χ1) is 10.5. The highest BCUT2D eigenvalue weighted by Gasteiger charge is 2.67. The molecule has 3 fully saturated rings. The van der Waals surface area contributed by atoms with E-state index in [9.17, 15) is 4.79 Å². The molecular formula is C18H23NO3. The van der Waals surface area contributed by atoms with Gasteiger partial charge in [-0.05, 0) is 25.7 Å². The fourth-order valence-corrected chi connectivity index (χ4v) is 4.72. The predicted octanol–water partition coefficient (Wildman–Crippen LogP) is 2.53. The molecule has 1 aromatic carbocycles. The van der Waals surface area contributed by atoms with Gasteiger partial charge in [0, 0.05) is 12.7 Å². The molecule has 0 radical (unpaired) electrons. The summed E-state index contributed by atoms with van der Waals surface area (Å²) in [6.07, 6.45) is 2.22. The van der Waals surface area contributed by atoms with Crippen LogP contribution in [0.1, 0.15) is 32.3 Å². The summed E-state index contributed by atoms with van der Waals surface area (Å²) in [4.78, 5) is 15.0. The third-order valence-electron chi connectivity index (χ3n) is 6.12. The Morgan fingerprint density at radius 1 is 1.32 bits per heavy atom. The largest absolute Gasteiger partial charge is 0.369 e. The van der Waals surface area contributed by atoms with Crippen LogP contribution < -0.4 is 0 Å². The van der Waals surface area contributed by atoms with Gasteiger partial charge in [0.05, 0.1) is 18.6 Å². The van der Waals surface area contributed by atoms with Gasteiger partial charge in [0.15, 0.2) is 5.72 Å². The Morgan fingerprint density at radius 2 is 2.05 bits per heavy atom. The first-order valence-corrected chi connectivity index (χ1v) is 8.11. The summed E-state index contributed by atoms with van der Waals surface area (Å²) >= 11 is 0. The third-order valence-corrected chi connectivity index (χ3v) is 6.12. The van der Waals surface area contributed by atoms with Crippen LogP contribution in [0.5, 0.6) is 0 Å². The molecular weight excluding hydrogens is 278 g/mol. The number of methoxy groups -OCH3 is 1. The van der Waals surface area contributed by atoms with Crippen molar-refractivity contribution in [2.75, 3.05) is 13.7 Å². The van der Waals surface area contributed by atoms with Gasteiger partial charge in [0.1, 0.15) is 5.60 Å². The van der Waals surface area contributed by atoms with E-state index in [1.165, 1.54) is 0 Å². The molecule has 118 valence electrons. The maximum atomic E-state index is 13.1. The van der Waals surface area contributed by atoms with E-state index >= 15 is 0 Å². The third kappa shape index (κ3) is 1.62. The van der Waals surface area contributed by atoms with Gasteiger partial charge >= 0.3 is 0 Å². The Balaban J connectivity index is 1.73. The Bertz CT molecular complexity index is 604. The molecule has 4 heteroatoms. The molecule has 1 spiro atoms. The second-order valence-corrected chi connectivity index (χ2v) is 7.10. The molecule has 22 heavy (non-hydrogen) atoms. The number of carbonyl (C=O) groups excluding carboxylic acids is 1. The lowest BCUT2D eigenvalue weighted by molar-refractivity contribution is -0.165. The highest BCUT2D eigenvalue weighted by molar-refractivity contribution is 5.84. The number of fused-ring (bicyclic) bond motifs is 1. The number of benzene rings is 1. The number of likely N-dealkylation sites (tertiary alicyclic amines) is 1. The van der Waals surface area contributed by atoms with Crippen molar-refractivity contribution in [1.29, 1.82) is 0 Å². The van der Waals surface area contributed by atoms with Crippen LogP contribution in [0, 0.1) is 11.8 Å². The molecule has 0 saturated carbocycles. The molecule has 3 aliphatic rings. The number of amides is 1. The van der Waals surface area contributed by atoms with Crippen LogP contribution >= 0.6 is 0 Å². The van der Waals surface area contributed by atoms with Crippen molar-refractivity contribution in [3.05, 3.63) is 35.9 Å². The second kappa shape index (κ2) is 4.56. The van der Waals surface area contributed by atoms with Gasteiger partial charge in [-0.2, -0.15) is 0 Å². The average molecular weight is 301 g/mol. The minimum Gasteiger partial charge on any atom is -0.369 e. The fourth-order valence-electron chi connectivity index (χ4n) is 4.72. The molecule has 1 aromatic rings. The van der Waals surface area contributed by atoms with Gasteiger partial charge in [-0.3, -0.25) is 4.79 Å². The fraction of sp³-hybridized carbons (Fsp3) is 0.611. The van der Waals surface area contributed by atoms with Crippen LogP contribution in [-0.2, 0) is 20.0 Å². The van der Waals surface area contributed by atoms with Crippen molar-refractivity contribution in [3.63, 3.8) is 0 Å². The molecule has 4 nitrogen and oxygen atoms in total. The van der Waals surface area contributed by atoms with Crippen molar-refractivity contribution in [2.24, 2.45) is 11.8 Å². The predicted molar refractivity (Wildman–Crippen MR) is 82.0 cm³/mol. The van der Waals surface area contributed by atoms with Gasteiger partial charge in [0.2, 0.25) is 5.91 Å². The molecule has 3 aliphatic heterocycles. The van der Waals surface area contributed by atoms with Crippen molar-refractivity contribution < 1.29 is 14.3 Å². The lowest BCUT2D eigenvalue weighted by Crippen LogP contribution is -2.48. The molecule has 5 atom stereocenters. The van der Waals surface area contributed by atoms with Crippen molar-refractivity contribution in [3.8, 4) is 0 Å². The van der Waals surface area contributed by atoms with Crippen LogP contribution in [0.4, 0.5) is 0 Å². The minimum atomic E-state index is -0.737. The Morgan fingerprint density at radius 3 is 2.64 bits per heavy atom. The van der Waals surface area contributed by atoms with Crippen molar-refractivity contribution >= 4 is 5.91 Å². The lowest BCUT2D eigenvalue weighted by Gasteiger charge is -2.39. The van der Waals surface area contributed by atoms with Crippen molar-refractivity contribution in [1.82, 2.24) is 4.90 Å². The minimum absolute atomic E-state index is 0.000521. The van der Waals surface area contributed by atoms with Gasteiger partial charge < -0.3 is 14.4 Å². The zero-order valence-corrected chi connectivity index (χ0v) is 13.4.